The number of ether oxygens (including phenoxy) is 1. The summed E-state index contributed by atoms with van der Waals surface area (Å²) in [6, 6.07) is 23.2. The largest absolute Gasteiger partial charge is 0.484 e. The number of anilines is 1. The van der Waals surface area contributed by atoms with Crippen molar-refractivity contribution in [3.8, 4) is 5.75 Å². The Morgan fingerprint density at radius 1 is 1.03 bits per heavy atom. The van der Waals surface area contributed by atoms with E-state index in [0.29, 0.717) is 21.5 Å². The fourth-order valence-corrected chi connectivity index (χ4v) is 5.09. The van der Waals surface area contributed by atoms with Crippen LogP contribution in [0.4, 0.5) is 5.69 Å². The number of rotatable bonds is 8. The Morgan fingerprint density at radius 2 is 1.71 bits per heavy atom. The van der Waals surface area contributed by atoms with Gasteiger partial charge in [0.2, 0.25) is 0 Å². The Morgan fingerprint density at radius 3 is 2.40 bits per heavy atom. The molecule has 7 heteroatoms. The molecule has 0 bridgehead atoms. The molecule has 5 nitrogen and oxygen atoms in total. The van der Waals surface area contributed by atoms with Crippen molar-refractivity contribution in [3.05, 3.63) is 100.0 Å². The van der Waals surface area contributed by atoms with Crippen LogP contribution in [0, 0.1) is 13.8 Å². The molecule has 1 aliphatic rings. The van der Waals surface area contributed by atoms with Gasteiger partial charge in [0.1, 0.15) is 10.1 Å². The molecule has 2 amide bonds. The Balaban J connectivity index is 1.31. The van der Waals surface area contributed by atoms with Gasteiger partial charge in [0, 0.05) is 12.2 Å². The molecule has 1 aliphatic heterocycles. The number of benzene rings is 3. The van der Waals surface area contributed by atoms with Crippen LogP contribution < -0.4 is 10.1 Å². The van der Waals surface area contributed by atoms with Gasteiger partial charge in [-0.05, 0) is 72.9 Å². The molecule has 178 valence electrons. The van der Waals surface area contributed by atoms with Gasteiger partial charge in [-0.2, -0.15) is 0 Å². The Hall–Kier alpha value is -3.42. The summed E-state index contributed by atoms with van der Waals surface area (Å²) in [5.41, 5.74) is 4.96. The van der Waals surface area contributed by atoms with Crippen molar-refractivity contribution in [2.75, 3.05) is 18.5 Å². The first-order chi connectivity index (χ1) is 16.9. The Kier molecular flexibility index (Phi) is 8.00. The van der Waals surface area contributed by atoms with E-state index in [1.54, 1.807) is 17.0 Å². The summed E-state index contributed by atoms with van der Waals surface area (Å²) in [6.07, 6.45) is 2.59. The number of nitrogens with one attached hydrogen (secondary N) is 1. The second-order valence-corrected chi connectivity index (χ2v) is 10.0. The van der Waals surface area contributed by atoms with E-state index >= 15 is 0 Å². The number of amides is 2. The molecule has 0 aromatic heterocycles. The average molecular weight is 503 g/mol. The normalized spacial score (nSPS) is 14.5. The molecule has 1 saturated heterocycles. The summed E-state index contributed by atoms with van der Waals surface area (Å²) in [7, 11) is 0. The van der Waals surface area contributed by atoms with Gasteiger partial charge in [-0.3, -0.25) is 14.5 Å². The summed E-state index contributed by atoms with van der Waals surface area (Å²) >= 11 is 6.75. The second kappa shape index (κ2) is 11.3. The van der Waals surface area contributed by atoms with E-state index in [-0.39, 0.29) is 18.4 Å². The molecule has 0 unspecified atom stereocenters. The predicted molar refractivity (Wildman–Crippen MR) is 147 cm³/mol. The van der Waals surface area contributed by atoms with Gasteiger partial charge in [0.15, 0.2) is 6.61 Å². The predicted octanol–water partition coefficient (Wildman–Crippen LogP) is 5.76. The standard InChI is InChI=1S/C28H26N2O3S2/c1-19-14-20(2)16-23(15-19)29-26(31)18-33-24-10-8-22(9-11-24)17-25-27(32)30(28(34)35-25)13-12-21-6-4-3-5-7-21/h3-11,14-17H,12-13,18H2,1-2H3,(H,29,31)/b25-17-. The molecular weight excluding hydrogens is 476 g/mol. The second-order valence-electron chi connectivity index (χ2n) is 8.35. The maximum Gasteiger partial charge on any atom is 0.266 e. The van der Waals surface area contributed by atoms with Crippen molar-refractivity contribution >= 4 is 51.9 Å². The van der Waals surface area contributed by atoms with Crippen LogP contribution in [-0.4, -0.2) is 34.2 Å². The first-order valence-electron chi connectivity index (χ1n) is 11.3. The first kappa shape index (κ1) is 24.7. The lowest BCUT2D eigenvalue weighted by atomic mass is 10.1. The number of carbonyl (C=O) groups excluding carboxylic acids is 2. The van der Waals surface area contributed by atoms with Crippen LogP contribution >= 0.6 is 24.0 Å². The zero-order valence-corrected chi connectivity index (χ0v) is 21.2. The van der Waals surface area contributed by atoms with Crippen molar-refractivity contribution < 1.29 is 14.3 Å². The molecule has 0 saturated carbocycles. The van der Waals surface area contributed by atoms with Gasteiger partial charge in [-0.15, -0.1) is 0 Å². The quantitative estimate of drug-likeness (QED) is 0.313. The van der Waals surface area contributed by atoms with Crippen LogP contribution in [-0.2, 0) is 16.0 Å². The summed E-state index contributed by atoms with van der Waals surface area (Å²) in [4.78, 5) is 27.4. The Labute approximate surface area is 215 Å². The minimum atomic E-state index is -0.224. The van der Waals surface area contributed by atoms with E-state index in [2.05, 4.69) is 11.4 Å². The van der Waals surface area contributed by atoms with Crippen LogP contribution in [0.25, 0.3) is 6.08 Å². The fraction of sp³-hybridized carbons (Fsp3) is 0.179. The van der Waals surface area contributed by atoms with E-state index in [1.807, 2.05) is 74.5 Å². The molecule has 35 heavy (non-hydrogen) atoms. The van der Waals surface area contributed by atoms with E-state index in [9.17, 15) is 9.59 Å². The van der Waals surface area contributed by atoms with Crippen LogP contribution in [0.15, 0.2) is 77.7 Å². The molecular formula is C28H26N2O3S2. The fourth-order valence-electron chi connectivity index (χ4n) is 3.78. The lowest BCUT2D eigenvalue weighted by Crippen LogP contribution is -2.30. The molecule has 0 atom stereocenters. The monoisotopic (exact) mass is 502 g/mol. The molecule has 1 N–H and O–H groups in total. The van der Waals surface area contributed by atoms with Crippen LogP contribution in [0.1, 0.15) is 22.3 Å². The molecule has 4 rings (SSSR count). The van der Waals surface area contributed by atoms with Crippen LogP contribution in [0.5, 0.6) is 5.75 Å². The van der Waals surface area contributed by atoms with Crippen molar-refractivity contribution in [2.45, 2.75) is 20.3 Å². The maximum atomic E-state index is 12.9. The number of aryl methyl sites for hydroxylation is 2. The molecule has 0 radical (unpaired) electrons. The zero-order valence-electron chi connectivity index (χ0n) is 19.6. The van der Waals surface area contributed by atoms with Crippen molar-refractivity contribution in [2.24, 2.45) is 0 Å². The van der Waals surface area contributed by atoms with Gasteiger partial charge >= 0.3 is 0 Å². The highest BCUT2D eigenvalue weighted by Gasteiger charge is 2.31. The van der Waals surface area contributed by atoms with E-state index < -0.39 is 0 Å². The number of nitrogens with zero attached hydrogens (tertiary/aromatic N) is 1. The van der Waals surface area contributed by atoms with E-state index in [0.717, 1.165) is 28.8 Å². The molecule has 1 fully saturated rings. The van der Waals surface area contributed by atoms with Gasteiger partial charge in [0.25, 0.3) is 11.8 Å². The molecule has 1 heterocycles. The lowest BCUT2D eigenvalue weighted by Gasteiger charge is -2.14. The third kappa shape index (κ3) is 6.81. The topological polar surface area (TPSA) is 58.6 Å². The van der Waals surface area contributed by atoms with E-state index in [4.69, 9.17) is 17.0 Å². The minimum absolute atomic E-state index is 0.0701. The first-order valence-corrected chi connectivity index (χ1v) is 12.5. The summed E-state index contributed by atoms with van der Waals surface area (Å²) < 4.78 is 6.20. The maximum absolute atomic E-state index is 12.9. The summed E-state index contributed by atoms with van der Waals surface area (Å²) in [6.45, 7) is 4.45. The molecule has 3 aromatic rings. The van der Waals surface area contributed by atoms with Gasteiger partial charge in [0.05, 0.1) is 4.91 Å². The van der Waals surface area contributed by atoms with Crippen molar-refractivity contribution in [3.63, 3.8) is 0 Å². The Bertz CT molecular complexity index is 1250. The minimum Gasteiger partial charge on any atom is -0.484 e. The number of carbonyl (C=O) groups is 2. The third-order valence-corrected chi connectivity index (χ3v) is 6.77. The van der Waals surface area contributed by atoms with Crippen molar-refractivity contribution in [1.82, 2.24) is 4.90 Å². The van der Waals surface area contributed by atoms with E-state index in [1.165, 1.54) is 17.3 Å². The van der Waals surface area contributed by atoms with Gasteiger partial charge < -0.3 is 10.1 Å². The highest BCUT2D eigenvalue weighted by molar-refractivity contribution is 8.26. The molecule has 0 spiro atoms. The smallest absolute Gasteiger partial charge is 0.266 e. The summed E-state index contributed by atoms with van der Waals surface area (Å²) in [5.74, 6) is 0.283. The summed E-state index contributed by atoms with van der Waals surface area (Å²) in [5, 5.41) is 2.86. The molecule has 3 aromatic carbocycles. The number of hydrogen-bond acceptors (Lipinski definition) is 5. The number of hydrogen-bond donors (Lipinski definition) is 1. The lowest BCUT2D eigenvalue weighted by molar-refractivity contribution is -0.122. The average Bonchev–Trinajstić information content (AvgIpc) is 3.09. The molecule has 0 aliphatic carbocycles. The third-order valence-electron chi connectivity index (χ3n) is 5.39. The zero-order chi connectivity index (χ0) is 24.8. The SMILES string of the molecule is Cc1cc(C)cc(NC(=O)COc2ccc(/C=C3\SC(=S)N(CCc4ccccc4)C3=O)cc2)c1. The highest BCUT2D eigenvalue weighted by atomic mass is 32.2. The van der Waals surface area contributed by atoms with Gasteiger partial charge in [-0.25, -0.2) is 0 Å². The number of thioether (sulfide) groups is 1. The van der Waals surface area contributed by atoms with Gasteiger partial charge in [-0.1, -0.05) is 72.5 Å². The highest BCUT2D eigenvalue weighted by Crippen LogP contribution is 2.33. The van der Waals surface area contributed by atoms with Crippen LogP contribution in [0.2, 0.25) is 0 Å². The van der Waals surface area contributed by atoms with Crippen LogP contribution in [0.3, 0.4) is 0 Å². The number of thiocarbonyl (C=S) groups is 1. The van der Waals surface area contributed by atoms with Crippen molar-refractivity contribution in [1.29, 1.82) is 0 Å².